The first-order chi connectivity index (χ1) is 10.2. The van der Waals surface area contributed by atoms with E-state index < -0.39 is 0 Å². The number of amides is 1. The minimum Gasteiger partial charge on any atom is -0.368 e. The Kier molecular flexibility index (Phi) is 4.05. The number of nitrogens with one attached hydrogen (secondary N) is 2. The van der Waals surface area contributed by atoms with Crippen molar-refractivity contribution in [2.45, 2.75) is 37.8 Å². The summed E-state index contributed by atoms with van der Waals surface area (Å²) in [5, 5.41) is 13.9. The number of fused-ring (bicyclic) bond motifs is 2. The molecule has 114 valence electrons. The highest BCUT2D eigenvalue weighted by atomic mass is 16.1. The number of nitrogens with zero attached hydrogens (tertiary/aromatic N) is 3. The number of carbonyl (C=O) groups excluding carboxylic acids is 1. The van der Waals surface area contributed by atoms with Gasteiger partial charge in [0.25, 0.3) is 5.91 Å². The highest BCUT2D eigenvalue weighted by molar-refractivity contribution is 5.91. The molecule has 0 aliphatic carbocycles. The van der Waals surface area contributed by atoms with Crippen LogP contribution in [0.4, 0.5) is 5.82 Å². The Hall–Kier alpha value is -1.69. The second kappa shape index (κ2) is 5.97. The maximum Gasteiger partial charge on any atom is 0.271 e. The molecule has 21 heavy (non-hydrogen) atoms. The number of anilines is 1. The van der Waals surface area contributed by atoms with Crippen LogP contribution in [0.1, 0.15) is 36.2 Å². The topological polar surface area (TPSA) is 70.2 Å². The van der Waals surface area contributed by atoms with Gasteiger partial charge in [-0.25, -0.2) is 0 Å². The van der Waals surface area contributed by atoms with Crippen molar-refractivity contribution >= 4 is 11.7 Å². The molecule has 0 aromatic carbocycles. The van der Waals surface area contributed by atoms with Crippen molar-refractivity contribution in [2.24, 2.45) is 5.92 Å². The van der Waals surface area contributed by atoms with Gasteiger partial charge in [0.05, 0.1) is 0 Å². The third kappa shape index (κ3) is 3.00. The van der Waals surface area contributed by atoms with Crippen LogP contribution in [-0.2, 0) is 0 Å². The first kappa shape index (κ1) is 14.3. The minimum absolute atomic E-state index is 0.207. The number of carbonyl (C=O) groups is 1. The first-order valence-electron chi connectivity index (χ1n) is 7.69. The Bertz CT molecular complexity index is 489. The second-order valence-corrected chi connectivity index (χ2v) is 6.15. The van der Waals surface area contributed by atoms with Gasteiger partial charge < -0.3 is 15.5 Å². The van der Waals surface area contributed by atoms with E-state index in [4.69, 9.17) is 0 Å². The lowest BCUT2D eigenvalue weighted by atomic mass is 9.91. The average Bonchev–Trinajstić information content (AvgIpc) is 2.75. The van der Waals surface area contributed by atoms with Gasteiger partial charge >= 0.3 is 0 Å². The van der Waals surface area contributed by atoms with E-state index in [1.165, 1.54) is 25.7 Å². The molecule has 2 bridgehead atoms. The van der Waals surface area contributed by atoms with Crippen LogP contribution in [-0.4, -0.2) is 53.7 Å². The normalized spacial score (nSPS) is 28.4. The van der Waals surface area contributed by atoms with Crippen LogP contribution in [0.25, 0.3) is 0 Å². The van der Waals surface area contributed by atoms with Crippen molar-refractivity contribution in [1.29, 1.82) is 0 Å². The van der Waals surface area contributed by atoms with Crippen LogP contribution in [0.2, 0.25) is 0 Å². The molecule has 3 rings (SSSR count). The molecule has 0 spiro atoms. The van der Waals surface area contributed by atoms with Gasteiger partial charge in [-0.3, -0.25) is 4.79 Å². The van der Waals surface area contributed by atoms with Crippen LogP contribution in [0, 0.1) is 5.92 Å². The van der Waals surface area contributed by atoms with E-state index in [1.807, 2.05) is 6.07 Å². The summed E-state index contributed by atoms with van der Waals surface area (Å²) in [7, 11) is 3.85. The highest BCUT2D eigenvalue weighted by Gasteiger charge is 2.38. The van der Waals surface area contributed by atoms with E-state index in [1.54, 1.807) is 13.1 Å². The number of aromatic nitrogens is 2. The molecule has 6 heteroatoms. The molecular weight excluding hydrogens is 266 g/mol. The fourth-order valence-electron chi connectivity index (χ4n) is 3.62. The molecule has 0 saturated carbocycles. The molecule has 2 N–H and O–H groups in total. The summed E-state index contributed by atoms with van der Waals surface area (Å²) in [5.74, 6) is 1.24. The van der Waals surface area contributed by atoms with Crippen LogP contribution < -0.4 is 10.6 Å². The summed E-state index contributed by atoms with van der Waals surface area (Å²) in [6.07, 6.45) is 5.23. The molecule has 2 atom stereocenters. The van der Waals surface area contributed by atoms with Gasteiger partial charge in [-0.2, -0.15) is 0 Å². The zero-order valence-electron chi connectivity index (χ0n) is 12.7. The summed E-state index contributed by atoms with van der Waals surface area (Å²) < 4.78 is 0. The molecule has 3 heterocycles. The summed E-state index contributed by atoms with van der Waals surface area (Å²) >= 11 is 0. The smallest absolute Gasteiger partial charge is 0.271 e. The first-order valence-corrected chi connectivity index (χ1v) is 7.69. The highest BCUT2D eigenvalue weighted by Crippen LogP contribution is 2.37. The Labute approximate surface area is 125 Å². The molecule has 0 radical (unpaired) electrons. The molecular formula is C15H23N5O. The Morgan fingerprint density at radius 3 is 2.57 bits per heavy atom. The summed E-state index contributed by atoms with van der Waals surface area (Å²) in [4.78, 5) is 14.0. The standard InChI is InChI=1S/C15H23N5O/c1-16-15(21)13-5-6-14(19-18-13)17-9-10-7-11-3-4-12(8-10)20(11)2/h5-6,10-12H,3-4,7-9H2,1-2H3,(H,16,21)(H,17,19). The zero-order valence-corrected chi connectivity index (χ0v) is 12.7. The maximum atomic E-state index is 11.4. The van der Waals surface area contributed by atoms with Crippen molar-refractivity contribution in [1.82, 2.24) is 20.4 Å². The molecule has 1 aromatic rings. The van der Waals surface area contributed by atoms with Gasteiger partial charge in [-0.1, -0.05) is 0 Å². The lowest BCUT2D eigenvalue weighted by molar-refractivity contribution is 0.0957. The quantitative estimate of drug-likeness (QED) is 0.869. The van der Waals surface area contributed by atoms with Gasteiger partial charge in [-0.15, -0.1) is 10.2 Å². The molecule has 2 saturated heterocycles. The predicted octanol–water partition coefficient (Wildman–Crippen LogP) is 1.12. The maximum absolute atomic E-state index is 11.4. The third-order valence-electron chi connectivity index (χ3n) is 4.89. The Balaban J connectivity index is 1.53. The van der Waals surface area contributed by atoms with Crippen molar-refractivity contribution < 1.29 is 4.79 Å². The minimum atomic E-state index is -0.207. The van der Waals surface area contributed by atoms with Crippen LogP contribution >= 0.6 is 0 Å². The predicted molar refractivity (Wildman–Crippen MR) is 81.2 cm³/mol. The average molecular weight is 289 g/mol. The molecule has 1 amide bonds. The SMILES string of the molecule is CNC(=O)c1ccc(NCC2CC3CCC(C2)N3C)nn1. The lowest BCUT2D eigenvalue weighted by Crippen LogP contribution is -2.41. The zero-order chi connectivity index (χ0) is 14.8. The van der Waals surface area contributed by atoms with Crippen molar-refractivity contribution in [2.75, 3.05) is 26.0 Å². The number of piperidine rings is 1. The van der Waals surface area contributed by atoms with Crippen LogP contribution in [0.15, 0.2) is 12.1 Å². The molecule has 1 aromatic heterocycles. The van der Waals surface area contributed by atoms with Gasteiger partial charge in [-0.05, 0) is 50.8 Å². The van der Waals surface area contributed by atoms with Crippen LogP contribution in [0.5, 0.6) is 0 Å². The van der Waals surface area contributed by atoms with E-state index in [2.05, 4.69) is 32.8 Å². The van der Waals surface area contributed by atoms with E-state index >= 15 is 0 Å². The number of hydrogen-bond acceptors (Lipinski definition) is 5. The van der Waals surface area contributed by atoms with Gasteiger partial charge in [0, 0.05) is 25.7 Å². The Morgan fingerprint density at radius 1 is 1.29 bits per heavy atom. The number of hydrogen-bond donors (Lipinski definition) is 2. The summed E-state index contributed by atoms with van der Waals surface area (Å²) in [5.41, 5.74) is 0.348. The van der Waals surface area contributed by atoms with Gasteiger partial charge in [0.15, 0.2) is 5.69 Å². The molecule has 6 nitrogen and oxygen atoms in total. The fourth-order valence-corrected chi connectivity index (χ4v) is 3.62. The Morgan fingerprint density at radius 2 is 2.00 bits per heavy atom. The van der Waals surface area contributed by atoms with E-state index in [9.17, 15) is 4.79 Å². The third-order valence-corrected chi connectivity index (χ3v) is 4.89. The van der Waals surface area contributed by atoms with Crippen molar-refractivity contribution in [3.8, 4) is 0 Å². The number of rotatable bonds is 4. The lowest BCUT2D eigenvalue weighted by Gasteiger charge is -2.36. The molecule has 2 fully saturated rings. The second-order valence-electron chi connectivity index (χ2n) is 6.15. The van der Waals surface area contributed by atoms with E-state index in [0.29, 0.717) is 11.6 Å². The van der Waals surface area contributed by atoms with Gasteiger partial charge in [0.1, 0.15) is 5.82 Å². The molecule has 2 aliphatic heterocycles. The molecule has 2 unspecified atom stereocenters. The van der Waals surface area contributed by atoms with Crippen LogP contribution in [0.3, 0.4) is 0 Å². The van der Waals surface area contributed by atoms with E-state index in [0.717, 1.165) is 24.4 Å². The summed E-state index contributed by atoms with van der Waals surface area (Å²) in [6, 6.07) is 5.04. The molecule has 2 aliphatic rings. The largest absolute Gasteiger partial charge is 0.368 e. The van der Waals surface area contributed by atoms with Crippen molar-refractivity contribution in [3.05, 3.63) is 17.8 Å². The summed E-state index contributed by atoms with van der Waals surface area (Å²) in [6.45, 7) is 0.939. The van der Waals surface area contributed by atoms with E-state index in [-0.39, 0.29) is 5.91 Å². The van der Waals surface area contributed by atoms with Gasteiger partial charge in [0.2, 0.25) is 0 Å². The van der Waals surface area contributed by atoms with Crippen molar-refractivity contribution in [3.63, 3.8) is 0 Å². The monoisotopic (exact) mass is 289 g/mol. The fraction of sp³-hybridized carbons (Fsp3) is 0.667.